The van der Waals surface area contributed by atoms with Crippen molar-refractivity contribution in [2.75, 3.05) is 10.6 Å². The van der Waals surface area contributed by atoms with Gasteiger partial charge in [0.25, 0.3) is 5.91 Å². The number of aryl methyl sites for hydroxylation is 1. The Morgan fingerprint density at radius 2 is 2.00 bits per heavy atom. The standard InChI is InChI=1S/C18H17N5O/c1-11-20-15(10-16(21-11)22-13-7-8-13)18(24)23-14-6-2-4-12-5-3-9-19-17(12)14/h2-6,9-10,13H,7-8H2,1H3,(H,23,24)(H,20,21,22). The van der Waals surface area contributed by atoms with Crippen molar-refractivity contribution in [1.82, 2.24) is 15.0 Å². The lowest BCUT2D eigenvalue weighted by atomic mass is 10.2. The van der Waals surface area contributed by atoms with E-state index in [1.165, 1.54) is 0 Å². The van der Waals surface area contributed by atoms with Crippen LogP contribution in [0.5, 0.6) is 0 Å². The maximum Gasteiger partial charge on any atom is 0.274 e. The molecular weight excluding hydrogens is 302 g/mol. The van der Waals surface area contributed by atoms with E-state index < -0.39 is 0 Å². The van der Waals surface area contributed by atoms with Crippen molar-refractivity contribution in [3.8, 4) is 0 Å². The number of fused-ring (bicyclic) bond motifs is 1. The molecule has 1 aromatic carbocycles. The quantitative estimate of drug-likeness (QED) is 0.772. The number of benzene rings is 1. The first-order valence-corrected chi connectivity index (χ1v) is 7.96. The molecule has 0 bridgehead atoms. The van der Waals surface area contributed by atoms with E-state index >= 15 is 0 Å². The molecule has 2 aromatic heterocycles. The zero-order valence-electron chi connectivity index (χ0n) is 13.3. The van der Waals surface area contributed by atoms with E-state index in [0.717, 1.165) is 23.7 Å². The van der Waals surface area contributed by atoms with Crippen LogP contribution in [0.3, 0.4) is 0 Å². The molecule has 1 saturated carbocycles. The molecule has 3 aromatic rings. The van der Waals surface area contributed by atoms with Crippen molar-refractivity contribution in [3.63, 3.8) is 0 Å². The number of hydrogen-bond donors (Lipinski definition) is 2. The van der Waals surface area contributed by atoms with Gasteiger partial charge in [-0.2, -0.15) is 0 Å². The summed E-state index contributed by atoms with van der Waals surface area (Å²) >= 11 is 0. The summed E-state index contributed by atoms with van der Waals surface area (Å²) in [7, 11) is 0. The van der Waals surface area contributed by atoms with Crippen LogP contribution in [0.1, 0.15) is 29.2 Å². The van der Waals surface area contributed by atoms with E-state index in [1.807, 2.05) is 30.3 Å². The van der Waals surface area contributed by atoms with Crippen LogP contribution in [0, 0.1) is 6.92 Å². The molecule has 0 atom stereocenters. The van der Waals surface area contributed by atoms with Crippen LogP contribution in [0.15, 0.2) is 42.6 Å². The number of para-hydroxylation sites is 1. The van der Waals surface area contributed by atoms with Gasteiger partial charge in [0.05, 0.1) is 11.2 Å². The summed E-state index contributed by atoms with van der Waals surface area (Å²) < 4.78 is 0. The number of hydrogen-bond acceptors (Lipinski definition) is 5. The summed E-state index contributed by atoms with van der Waals surface area (Å²) in [6, 6.07) is 11.7. The van der Waals surface area contributed by atoms with Crippen molar-refractivity contribution >= 4 is 28.3 Å². The molecule has 1 fully saturated rings. The summed E-state index contributed by atoms with van der Waals surface area (Å²) in [5, 5.41) is 7.18. The van der Waals surface area contributed by atoms with E-state index in [2.05, 4.69) is 25.6 Å². The average Bonchev–Trinajstić information content (AvgIpc) is 3.38. The Balaban J connectivity index is 1.62. The SMILES string of the molecule is Cc1nc(NC2CC2)cc(C(=O)Nc2cccc3cccnc23)n1. The Morgan fingerprint density at radius 3 is 2.83 bits per heavy atom. The minimum Gasteiger partial charge on any atom is -0.367 e. The van der Waals surface area contributed by atoms with Crippen LogP contribution in [-0.4, -0.2) is 26.9 Å². The topological polar surface area (TPSA) is 79.8 Å². The van der Waals surface area contributed by atoms with Gasteiger partial charge in [0.2, 0.25) is 0 Å². The molecule has 0 aliphatic heterocycles. The van der Waals surface area contributed by atoms with Crippen molar-refractivity contribution in [2.45, 2.75) is 25.8 Å². The Bertz CT molecular complexity index is 915. The highest BCUT2D eigenvalue weighted by Crippen LogP contribution is 2.24. The number of nitrogens with one attached hydrogen (secondary N) is 2. The third-order valence-electron chi connectivity index (χ3n) is 3.88. The van der Waals surface area contributed by atoms with E-state index in [4.69, 9.17) is 0 Å². The molecule has 0 spiro atoms. The Labute approximate surface area is 139 Å². The van der Waals surface area contributed by atoms with Crippen LogP contribution < -0.4 is 10.6 Å². The predicted molar refractivity (Wildman–Crippen MR) is 93.1 cm³/mol. The first-order chi connectivity index (χ1) is 11.7. The minimum atomic E-state index is -0.266. The van der Waals surface area contributed by atoms with Crippen LogP contribution in [0.4, 0.5) is 11.5 Å². The fourth-order valence-corrected chi connectivity index (χ4v) is 2.59. The van der Waals surface area contributed by atoms with Gasteiger partial charge < -0.3 is 10.6 Å². The van der Waals surface area contributed by atoms with Gasteiger partial charge in [0, 0.05) is 23.7 Å². The highest BCUT2D eigenvalue weighted by molar-refractivity contribution is 6.07. The summed E-state index contributed by atoms with van der Waals surface area (Å²) in [5.74, 6) is 1.01. The van der Waals surface area contributed by atoms with Gasteiger partial charge in [0.1, 0.15) is 17.3 Å². The summed E-state index contributed by atoms with van der Waals surface area (Å²) in [6.07, 6.45) is 4.00. The van der Waals surface area contributed by atoms with Crippen LogP contribution in [0.2, 0.25) is 0 Å². The lowest BCUT2D eigenvalue weighted by molar-refractivity contribution is 0.102. The first-order valence-electron chi connectivity index (χ1n) is 7.96. The van der Waals surface area contributed by atoms with Gasteiger partial charge >= 0.3 is 0 Å². The van der Waals surface area contributed by atoms with E-state index in [-0.39, 0.29) is 5.91 Å². The fourth-order valence-electron chi connectivity index (χ4n) is 2.59. The lowest BCUT2D eigenvalue weighted by Gasteiger charge is -2.10. The second kappa shape index (κ2) is 5.88. The molecule has 2 heterocycles. The molecular formula is C18H17N5O. The molecule has 1 amide bonds. The lowest BCUT2D eigenvalue weighted by Crippen LogP contribution is -2.16. The Kier molecular flexibility index (Phi) is 3.57. The highest BCUT2D eigenvalue weighted by atomic mass is 16.1. The Morgan fingerprint density at radius 1 is 1.17 bits per heavy atom. The summed E-state index contributed by atoms with van der Waals surface area (Å²) in [6.45, 7) is 1.79. The molecule has 0 unspecified atom stereocenters. The number of anilines is 2. The van der Waals surface area contributed by atoms with E-state index in [9.17, 15) is 4.79 Å². The predicted octanol–water partition coefficient (Wildman–Crippen LogP) is 3.16. The first kappa shape index (κ1) is 14.6. The molecule has 0 radical (unpaired) electrons. The van der Waals surface area contributed by atoms with Gasteiger partial charge in [0.15, 0.2) is 0 Å². The number of nitrogens with zero attached hydrogens (tertiary/aromatic N) is 3. The minimum absolute atomic E-state index is 0.266. The monoisotopic (exact) mass is 319 g/mol. The Hall–Kier alpha value is -3.02. The molecule has 1 aliphatic carbocycles. The van der Waals surface area contributed by atoms with Crippen LogP contribution >= 0.6 is 0 Å². The number of carbonyl (C=O) groups excluding carboxylic acids is 1. The van der Waals surface area contributed by atoms with Gasteiger partial charge in [-0.25, -0.2) is 9.97 Å². The number of amides is 1. The molecule has 2 N–H and O–H groups in total. The molecule has 6 nitrogen and oxygen atoms in total. The third kappa shape index (κ3) is 3.03. The zero-order valence-corrected chi connectivity index (χ0v) is 13.3. The maximum atomic E-state index is 12.6. The van der Waals surface area contributed by atoms with Gasteiger partial charge in [-0.05, 0) is 31.9 Å². The molecule has 6 heteroatoms. The third-order valence-corrected chi connectivity index (χ3v) is 3.88. The normalized spacial score (nSPS) is 13.7. The van der Waals surface area contributed by atoms with E-state index in [0.29, 0.717) is 29.1 Å². The molecule has 4 rings (SSSR count). The van der Waals surface area contributed by atoms with Crippen molar-refractivity contribution in [3.05, 3.63) is 54.1 Å². The van der Waals surface area contributed by atoms with Crippen molar-refractivity contribution in [2.24, 2.45) is 0 Å². The number of pyridine rings is 1. The highest BCUT2D eigenvalue weighted by Gasteiger charge is 2.22. The van der Waals surface area contributed by atoms with E-state index in [1.54, 1.807) is 19.2 Å². The number of carbonyl (C=O) groups is 1. The average molecular weight is 319 g/mol. The zero-order chi connectivity index (χ0) is 16.5. The van der Waals surface area contributed by atoms with Gasteiger partial charge in [-0.15, -0.1) is 0 Å². The number of rotatable bonds is 4. The number of aromatic nitrogens is 3. The van der Waals surface area contributed by atoms with Crippen molar-refractivity contribution < 1.29 is 4.79 Å². The van der Waals surface area contributed by atoms with Gasteiger partial charge in [-0.1, -0.05) is 18.2 Å². The molecule has 24 heavy (non-hydrogen) atoms. The largest absolute Gasteiger partial charge is 0.367 e. The maximum absolute atomic E-state index is 12.6. The summed E-state index contributed by atoms with van der Waals surface area (Å²) in [5.41, 5.74) is 1.78. The molecule has 1 aliphatic rings. The molecule has 0 saturated heterocycles. The smallest absolute Gasteiger partial charge is 0.274 e. The summed E-state index contributed by atoms with van der Waals surface area (Å²) in [4.78, 5) is 25.6. The van der Waals surface area contributed by atoms with Crippen molar-refractivity contribution in [1.29, 1.82) is 0 Å². The van der Waals surface area contributed by atoms with Crippen LogP contribution in [-0.2, 0) is 0 Å². The van der Waals surface area contributed by atoms with Crippen LogP contribution in [0.25, 0.3) is 10.9 Å². The second-order valence-electron chi connectivity index (χ2n) is 5.94. The van der Waals surface area contributed by atoms with Gasteiger partial charge in [-0.3, -0.25) is 9.78 Å². The second-order valence-corrected chi connectivity index (χ2v) is 5.94. The fraction of sp³-hybridized carbons (Fsp3) is 0.222. The molecule has 120 valence electrons.